The summed E-state index contributed by atoms with van der Waals surface area (Å²) in [5.74, 6) is -0.801. The Bertz CT molecular complexity index is 904. The summed E-state index contributed by atoms with van der Waals surface area (Å²) >= 11 is 1.37. The Balaban J connectivity index is 1.98. The van der Waals surface area contributed by atoms with Gasteiger partial charge in [-0.3, -0.25) is 4.79 Å². The highest BCUT2D eigenvalue weighted by molar-refractivity contribution is 7.99. The van der Waals surface area contributed by atoms with Crippen LogP contribution in [-0.4, -0.2) is 27.7 Å². The van der Waals surface area contributed by atoms with Crippen LogP contribution in [0.3, 0.4) is 0 Å². The summed E-state index contributed by atoms with van der Waals surface area (Å²) in [5.41, 5.74) is 3.90. The molecule has 0 saturated carbocycles. The number of thioether (sulfide) groups is 1. The zero-order valence-corrected chi connectivity index (χ0v) is 15.6. The number of nitrogens with zero attached hydrogens (tertiary/aromatic N) is 2. The maximum atomic E-state index is 12.1. The number of nitriles is 1. The van der Waals surface area contributed by atoms with E-state index in [9.17, 15) is 14.9 Å². The molecule has 1 heterocycles. The number of aryl methyl sites for hydroxylation is 1. The molecule has 0 aliphatic carbocycles. The first-order chi connectivity index (χ1) is 12.3. The molecule has 1 aromatic carbocycles. The minimum Gasteiger partial charge on any atom is -0.478 e. The number of hydrogen-bond acceptors (Lipinski definition) is 5. The van der Waals surface area contributed by atoms with Crippen molar-refractivity contribution < 1.29 is 14.7 Å². The second-order valence-electron chi connectivity index (χ2n) is 5.77. The molecule has 0 atom stereocenters. The normalized spacial score (nSPS) is 10.2. The number of amides is 1. The average Bonchev–Trinajstić information content (AvgIpc) is 2.60. The summed E-state index contributed by atoms with van der Waals surface area (Å²) < 4.78 is 0. The van der Waals surface area contributed by atoms with Crippen molar-refractivity contribution in [2.75, 3.05) is 11.1 Å². The standard InChI is InChI=1S/C19H19N3O3S/c1-11-12(2)16(10-20)18(21-13(11)3)26-8-7-17(23)22-15-6-4-5-14(9-15)19(24)25/h4-6,9H,7-8H2,1-3H3,(H,22,23)(H,24,25). The van der Waals surface area contributed by atoms with Crippen molar-refractivity contribution in [3.05, 3.63) is 52.2 Å². The van der Waals surface area contributed by atoms with Crippen LogP contribution in [0.4, 0.5) is 5.69 Å². The van der Waals surface area contributed by atoms with Crippen molar-refractivity contribution in [2.24, 2.45) is 0 Å². The molecule has 0 spiro atoms. The Morgan fingerprint density at radius 1 is 1.27 bits per heavy atom. The highest BCUT2D eigenvalue weighted by Gasteiger charge is 2.13. The van der Waals surface area contributed by atoms with E-state index in [1.54, 1.807) is 12.1 Å². The van der Waals surface area contributed by atoms with Gasteiger partial charge < -0.3 is 10.4 Å². The van der Waals surface area contributed by atoms with Crippen LogP contribution in [0.5, 0.6) is 0 Å². The summed E-state index contributed by atoms with van der Waals surface area (Å²) in [5, 5.41) is 21.6. The molecule has 7 heteroatoms. The first-order valence-corrected chi connectivity index (χ1v) is 8.96. The number of benzene rings is 1. The molecular formula is C19H19N3O3S. The lowest BCUT2D eigenvalue weighted by atomic mass is 10.1. The molecule has 0 radical (unpaired) electrons. The van der Waals surface area contributed by atoms with E-state index in [0.717, 1.165) is 16.8 Å². The van der Waals surface area contributed by atoms with Gasteiger partial charge in [0.1, 0.15) is 11.1 Å². The van der Waals surface area contributed by atoms with Crippen LogP contribution >= 0.6 is 11.8 Å². The summed E-state index contributed by atoms with van der Waals surface area (Å²) in [7, 11) is 0. The number of anilines is 1. The summed E-state index contributed by atoms with van der Waals surface area (Å²) in [6.07, 6.45) is 0.223. The highest BCUT2D eigenvalue weighted by Crippen LogP contribution is 2.26. The van der Waals surface area contributed by atoms with Gasteiger partial charge in [0.15, 0.2) is 0 Å². The predicted octanol–water partition coefficient (Wildman–Crippen LogP) is 3.70. The second-order valence-corrected chi connectivity index (χ2v) is 6.86. The number of carbonyl (C=O) groups excluding carboxylic acids is 1. The maximum absolute atomic E-state index is 12.1. The highest BCUT2D eigenvalue weighted by atomic mass is 32.2. The van der Waals surface area contributed by atoms with Gasteiger partial charge in [-0.05, 0) is 50.1 Å². The summed E-state index contributed by atoms with van der Waals surface area (Å²) in [6.45, 7) is 5.73. The number of carboxylic acids is 1. The average molecular weight is 369 g/mol. The fourth-order valence-electron chi connectivity index (χ4n) is 2.34. The fraction of sp³-hybridized carbons (Fsp3) is 0.263. The Labute approximate surface area is 156 Å². The molecule has 26 heavy (non-hydrogen) atoms. The fourth-order valence-corrected chi connectivity index (χ4v) is 3.37. The van der Waals surface area contributed by atoms with Crippen LogP contribution in [0.1, 0.15) is 39.2 Å². The molecule has 2 aromatic rings. The third-order valence-electron chi connectivity index (χ3n) is 4.04. The monoisotopic (exact) mass is 369 g/mol. The van der Waals surface area contributed by atoms with E-state index in [2.05, 4.69) is 16.4 Å². The van der Waals surface area contributed by atoms with Gasteiger partial charge in [0.25, 0.3) is 0 Å². The molecule has 1 aromatic heterocycles. The largest absolute Gasteiger partial charge is 0.478 e. The SMILES string of the molecule is Cc1nc(SCCC(=O)Nc2cccc(C(=O)O)c2)c(C#N)c(C)c1C. The first kappa shape index (κ1) is 19.5. The van der Waals surface area contributed by atoms with Crippen LogP contribution in [0.15, 0.2) is 29.3 Å². The van der Waals surface area contributed by atoms with Gasteiger partial charge in [-0.15, -0.1) is 11.8 Å². The van der Waals surface area contributed by atoms with Gasteiger partial charge in [0.05, 0.1) is 11.1 Å². The van der Waals surface area contributed by atoms with Gasteiger partial charge in [0, 0.05) is 23.6 Å². The zero-order valence-electron chi connectivity index (χ0n) is 14.8. The molecule has 6 nitrogen and oxygen atoms in total. The van der Waals surface area contributed by atoms with Gasteiger partial charge in [-0.25, -0.2) is 9.78 Å². The number of rotatable bonds is 6. The number of nitrogens with one attached hydrogen (secondary N) is 1. The molecule has 2 rings (SSSR count). The van der Waals surface area contributed by atoms with Crippen LogP contribution in [-0.2, 0) is 4.79 Å². The summed E-state index contributed by atoms with van der Waals surface area (Å²) in [6, 6.07) is 8.28. The lowest BCUT2D eigenvalue weighted by Crippen LogP contribution is -2.13. The number of carboxylic acid groups (broad SMARTS) is 1. The molecular weight excluding hydrogens is 350 g/mol. The van der Waals surface area contributed by atoms with E-state index in [4.69, 9.17) is 5.11 Å². The van der Waals surface area contributed by atoms with E-state index in [-0.39, 0.29) is 17.9 Å². The first-order valence-electron chi connectivity index (χ1n) is 7.97. The third kappa shape index (κ3) is 4.61. The number of hydrogen-bond donors (Lipinski definition) is 2. The topological polar surface area (TPSA) is 103 Å². The van der Waals surface area contributed by atoms with E-state index < -0.39 is 5.97 Å². The number of carbonyl (C=O) groups is 2. The molecule has 0 unspecified atom stereocenters. The van der Waals surface area contributed by atoms with Crippen LogP contribution in [0.2, 0.25) is 0 Å². The van der Waals surface area contributed by atoms with E-state index in [1.165, 1.54) is 23.9 Å². The van der Waals surface area contributed by atoms with E-state index in [0.29, 0.717) is 22.0 Å². The van der Waals surface area contributed by atoms with Gasteiger partial charge in [-0.1, -0.05) is 6.07 Å². The third-order valence-corrected chi connectivity index (χ3v) is 5.01. The zero-order chi connectivity index (χ0) is 19.3. The molecule has 1 amide bonds. The minimum atomic E-state index is -1.04. The van der Waals surface area contributed by atoms with Crippen LogP contribution in [0.25, 0.3) is 0 Å². The molecule has 0 bridgehead atoms. The van der Waals surface area contributed by atoms with Crippen LogP contribution < -0.4 is 5.32 Å². The number of aromatic nitrogens is 1. The van der Waals surface area contributed by atoms with Gasteiger partial charge in [0.2, 0.25) is 5.91 Å². The smallest absolute Gasteiger partial charge is 0.335 e. The molecule has 0 saturated heterocycles. The second kappa shape index (κ2) is 8.50. The Morgan fingerprint density at radius 3 is 2.65 bits per heavy atom. The molecule has 2 N–H and O–H groups in total. The molecule has 0 aliphatic heterocycles. The Hall–Kier alpha value is -2.85. The Morgan fingerprint density at radius 2 is 2.00 bits per heavy atom. The van der Waals surface area contributed by atoms with Crippen molar-refractivity contribution in [2.45, 2.75) is 32.2 Å². The van der Waals surface area contributed by atoms with E-state index in [1.807, 2.05) is 20.8 Å². The molecule has 134 valence electrons. The minimum absolute atomic E-state index is 0.116. The lowest BCUT2D eigenvalue weighted by molar-refractivity contribution is -0.115. The molecule has 0 aliphatic rings. The van der Waals surface area contributed by atoms with Crippen molar-refractivity contribution in [3.63, 3.8) is 0 Å². The maximum Gasteiger partial charge on any atom is 0.335 e. The van der Waals surface area contributed by atoms with Crippen molar-refractivity contribution >= 4 is 29.3 Å². The number of pyridine rings is 1. The lowest BCUT2D eigenvalue weighted by Gasteiger charge is -2.11. The molecule has 0 fully saturated rings. The predicted molar refractivity (Wildman–Crippen MR) is 101 cm³/mol. The number of aromatic carboxylic acids is 1. The Kier molecular flexibility index (Phi) is 6.36. The van der Waals surface area contributed by atoms with Crippen molar-refractivity contribution in [1.29, 1.82) is 5.26 Å². The van der Waals surface area contributed by atoms with Gasteiger partial charge in [-0.2, -0.15) is 5.26 Å². The van der Waals surface area contributed by atoms with Crippen molar-refractivity contribution in [1.82, 2.24) is 4.98 Å². The van der Waals surface area contributed by atoms with Gasteiger partial charge >= 0.3 is 5.97 Å². The van der Waals surface area contributed by atoms with Crippen molar-refractivity contribution in [3.8, 4) is 6.07 Å². The van der Waals surface area contributed by atoms with E-state index >= 15 is 0 Å². The summed E-state index contributed by atoms with van der Waals surface area (Å²) in [4.78, 5) is 27.5. The quantitative estimate of drug-likeness (QED) is 0.753. The van der Waals surface area contributed by atoms with Crippen LogP contribution in [0, 0.1) is 32.1 Å².